The summed E-state index contributed by atoms with van der Waals surface area (Å²) in [6.45, 7) is 15.9. The first-order valence-electron chi connectivity index (χ1n) is 16.9. The lowest BCUT2D eigenvalue weighted by Gasteiger charge is -2.43. The van der Waals surface area contributed by atoms with Gasteiger partial charge in [-0.2, -0.15) is 0 Å². The second-order valence-electron chi connectivity index (χ2n) is 15.1. The molecule has 2 unspecified atom stereocenters. The Morgan fingerprint density at radius 1 is 0.512 bits per heavy atom. The van der Waals surface area contributed by atoms with Crippen LogP contribution in [-0.4, -0.2) is 34.7 Å². The number of esters is 3. The van der Waals surface area contributed by atoms with Gasteiger partial charge in [-0.25, -0.2) is 0 Å². The van der Waals surface area contributed by atoms with Gasteiger partial charge in [0, 0.05) is 0 Å². The Bertz CT molecular complexity index is 919. The minimum atomic E-state index is -1.07. The minimum Gasteiger partial charge on any atom is -0.459 e. The first kappa shape index (κ1) is 33.9. The van der Waals surface area contributed by atoms with E-state index < -0.39 is 33.0 Å². The molecule has 3 aliphatic rings. The fourth-order valence-electron chi connectivity index (χ4n) is 8.07. The molecule has 0 amide bonds. The first-order chi connectivity index (χ1) is 19.2. The van der Waals surface area contributed by atoms with Gasteiger partial charge in [0.15, 0.2) is 0 Å². The van der Waals surface area contributed by atoms with E-state index in [2.05, 4.69) is 20.8 Å². The van der Waals surface area contributed by atoms with E-state index >= 15 is 0 Å². The third-order valence-corrected chi connectivity index (χ3v) is 11.3. The summed E-state index contributed by atoms with van der Waals surface area (Å²) in [6.07, 6.45) is 15.1. The molecule has 2 atom stereocenters. The zero-order chi connectivity index (χ0) is 30.6. The van der Waals surface area contributed by atoms with Gasteiger partial charge in [0.2, 0.25) is 0 Å². The summed E-state index contributed by atoms with van der Waals surface area (Å²) in [5.74, 6) is -0.792. The van der Waals surface area contributed by atoms with Crippen molar-refractivity contribution in [3.8, 4) is 0 Å². The van der Waals surface area contributed by atoms with Crippen LogP contribution in [0.2, 0.25) is 0 Å². The lowest BCUT2D eigenvalue weighted by atomic mass is 9.65. The smallest absolute Gasteiger partial charge is 0.312 e. The molecule has 3 saturated carbocycles. The molecule has 0 N–H and O–H groups in total. The van der Waals surface area contributed by atoms with Crippen molar-refractivity contribution in [1.29, 1.82) is 0 Å². The van der Waals surface area contributed by atoms with Crippen LogP contribution in [-0.2, 0) is 28.6 Å². The third-order valence-electron chi connectivity index (χ3n) is 11.3. The van der Waals surface area contributed by atoms with Crippen molar-refractivity contribution in [3.63, 3.8) is 0 Å². The van der Waals surface area contributed by atoms with E-state index in [0.717, 1.165) is 96.3 Å². The maximum atomic E-state index is 14.3. The Morgan fingerprint density at radius 2 is 0.829 bits per heavy atom. The van der Waals surface area contributed by atoms with Gasteiger partial charge in [-0.3, -0.25) is 14.4 Å². The van der Waals surface area contributed by atoms with E-state index in [-0.39, 0.29) is 30.7 Å². The van der Waals surface area contributed by atoms with Gasteiger partial charge in [0.25, 0.3) is 0 Å². The van der Waals surface area contributed by atoms with E-state index in [1.165, 1.54) is 0 Å². The molecule has 6 heteroatoms. The molecule has 3 fully saturated rings. The normalized spacial score (nSPS) is 24.3. The lowest BCUT2D eigenvalue weighted by Crippen LogP contribution is -2.48. The number of carbonyl (C=O) groups is 3. The number of hydrogen-bond donors (Lipinski definition) is 0. The predicted molar refractivity (Wildman–Crippen MR) is 162 cm³/mol. The zero-order valence-corrected chi connectivity index (χ0v) is 27.7. The average molecular weight is 577 g/mol. The van der Waals surface area contributed by atoms with E-state index in [4.69, 9.17) is 14.2 Å². The molecule has 3 aliphatic carbocycles. The molecule has 0 spiro atoms. The van der Waals surface area contributed by atoms with Gasteiger partial charge in [-0.05, 0) is 143 Å². The summed E-state index contributed by atoms with van der Waals surface area (Å²) in [6, 6.07) is 0. The van der Waals surface area contributed by atoms with Crippen LogP contribution in [0.5, 0.6) is 0 Å². The first-order valence-corrected chi connectivity index (χ1v) is 16.9. The van der Waals surface area contributed by atoms with Crippen molar-refractivity contribution in [2.24, 2.45) is 16.2 Å². The molecule has 236 valence electrons. The highest BCUT2D eigenvalue weighted by Crippen LogP contribution is 2.50. The highest BCUT2D eigenvalue weighted by molar-refractivity contribution is 5.83. The molecular weight excluding hydrogens is 516 g/mol. The fourth-order valence-corrected chi connectivity index (χ4v) is 8.07. The van der Waals surface area contributed by atoms with Crippen molar-refractivity contribution in [3.05, 3.63) is 0 Å². The summed E-state index contributed by atoms with van der Waals surface area (Å²) < 4.78 is 19.0. The molecule has 0 bridgehead atoms. The minimum absolute atomic E-state index is 0.231. The highest BCUT2D eigenvalue weighted by Gasteiger charge is 2.53. The van der Waals surface area contributed by atoms with Gasteiger partial charge in [-0.1, -0.05) is 27.7 Å². The van der Waals surface area contributed by atoms with Crippen molar-refractivity contribution < 1.29 is 28.6 Å². The zero-order valence-electron chi connectivity index (χ0n) is 27.7. The van der Waals surface area contributed by atoms with E-state index in [1.807, 2.05) is 34.6 Å². The maximum absolute atomic E-state index is 14.3. The quantitative estimate of drug-likeness (QED) is 0.152. The predicted octanol–water partition coefficient (Wildman–Crippen LogP) is 9.01. The molecule has 0 aromatic rings. The third kappa shape index (κ3) is 7.50. The number of ether oxygens (including phenoxy) is 3. The summed E-state index contributed by atoms with van der Waals surface area (Å²) in [7, 11) is 0. The second-order valence-corrected chi connectivity index (χ2v) is 15.1. The van der Waals surface area contributed by atoms with Gasteiger partial charge >= 0.3 is 17.9 Å². The second kappa shape index (κ2) is 13.0. The van der Waals surface area contributed by atoms with Crippen LogP contribution >= 0.6 is 0 Å². The van der Waals surface area contributed by atoms with Crippen molar-refractivity contribution in [2.45, 2.75) is 188 Å². The van der Waals surface area contributed by atoms with Gasteiger partial charge in [0.1, 0.15) is 16.8 Å². The Balaban J connectivity index is 1.91. The molecule has 0 saturated heterocycles. The lowest BCUT2D eigenvalue weighted by molar-refractivity contribution is -0.185. The van der Waals surface area contributed by atoms with Crippen molar-refractivity contribution >= 4 is 17.9 Å². The van der Waals surface area contributed by atoms with Crippen LogP contribution in [0.15, 0.2) is 0 Å². The fraction of sp³-hybridized carbons (Fsp3) is 0.914. The SMILES string of the molecule is CCC1(OC(=O)C(C)(C)CC(C)(CC(C)(CC)C(=O)OC2(CC)CCCC2)C(=O)OC2(CC)CCCC2)CCCC1. The average Bonchev–Trinajstić information content (AvgIpc) is 3.70. The molecule has 0 radical (unpaired) electrons. The number of carbonyl (C=O) groups excluding carboxylic acids is 3. The Morgan fingerprint density at radius 3 is 1.15 bits per heavy atom. The van der Waals surface area contributed by atoms with Gasteiger partial charge in [0.05, 0.1) is 16.2 Å². The van der Waals surface area contributed by atoms with Crippen LogP contribution in [0.25, 0.3) is 0 Å². The molecule has 0 aromatic carbocycles. The van der Waals surface area contributed by atoms with Crippen LogP contribution in [0.3, 0.4) is 0 Å². The molecule has 41 heavy (non-hydrogen) atoms. The van der Waals surface area contributed by atoms with E-state index in [1.54, 1.807) is 0 Å². The summed E-state index contributed by atoms with van der Waals surface area (Å²) in [4.78, 5) is 42.0. The monoisotopic (exact) mass is 576 g/mol. The maximum Gasteiger partial charge on any atom is 0.312 e. The van der Waals surface area contributed by atoms with Crippen molar-refractivity contribution in [2.75, 3.05) is 0 Å². The Kier molecular flexibility index (Phi) is 10.7. The molecule has 3 rings (SSSR count). The van der Waals surface area contributed by atoms with Crippen LogP contribution in [0.1, 0.15) is 171 Å². The highest BCUT2D eigenvalue weighted by atomic mass is 16.6. The molecular formula is C35H60O6. The van der Waals surface area contributed by atoms with Crippen molar-refractivity contribution in [1.82, 2.24) is 0 Å². The van der Waals surface area contributed by atoms with Crippen LogP contribution in [0, 0.1) is 16.2 Å². The summed E-state index contributed by atoms with van der Waals surface area (Å²) in [5.41, 5.74) is -4.15. The molecule has 6 nitrogen and oxygen atoms in total. The van der Waals surface area contributed by atoms with Gasteiger partial charge in [-0.15, -0.1) is 0 Å². The molecule has 0 aliphatic heterocycles. The summed E-state index contributed by atoms with van der Waals surface area (Å²) in [5, 5.41) is 0. The molecule has 0 aromatic heterocycles. The van der Waals surface area contributed by atoms with E-state index in [0.29, 0.717) is 6.42 Å². The Labute approximate surface area is 250 Å². The largest absolute Gasteiger partial charge is 0.459 e. The summed E-state index contributed by atoms with van der Waals surface area (Å²) >= 11 is 0. The van der Waals surface area contributed by atoms with Crippen LogP contribution < -0.4 is 0 Å². The standard InChI is InChI=1S/C35H60O6/c1-9-31(7,28(37)40-34(11-3)21-15-16-22-34)26-32(8,29(38)41-35(12-4)23-17-18-24-35)25-30(5,6)27(36)39-33(10-2)19-13-14-20-33/h9-26H2,1-8H3. The molecule has 0 heterocycles. The topological polar surface area (TPSA) is 78.9 Å². The van der Waals surface area contributed by atoms with E-state index in [9.17, 15) is 14.4 Å². The van der Waals surface area contributed by atoms with Crippen LogP contribution in [0.4, 0.5) is 0 Å². The number of hydrogen-bond acceptors (Lipinski definition) is 6. The number of rotatable bonds is 14. The Hall–Kier alpha value is -1.59. The van der Waals surface area contributed by atoms with Gasteiger partial charge < -0.3 is 14.2 Å².